The van der Waals surface area contributed by atoms with Gasteiger partial charge in [-0.3, -0.25) is 14.9 Å². The van der Waals surface area contributed by atoms with Crippen LogP contribution in [0.3, 0.4) is 0 Å². The molecule has 2 aromatic rings. The fourth-order valence-corrected chi connectivity index (χ4v) is 2.88. The SMILES string of the molecule is CN1c2ccc(C(N)=O)cc2CCc2cc([N+](=O)[O-])ccc21. The van der Waals surface area contributed by atoms with Gasteiger partial charge in [0.15, 0.2) is 0 Å². The number of carbonyl (C=O) groups is 1. The van der Waals surface area contributed by atoms with Crippen LogP contribution in [-0.2, 0) is 12.8 Å². The number of hydrogen-bond donors (Lipinski definition) is 1. The van der Waals surface area contributed by atoms with Crippen LogP contribution in [-0.4, -0.2) is 17.9 Å². The Morgan fingerprint density at radius 2 is 1.73 bits per heavy atom. The Kier molecular flexibility index (Phi) is 3.29. The van der Waals surface area contributed by atoms with Crippen molar-refractivity contribution in [1.82, 2.24) is 0 Å². The maximum absolute atomic E-state index is 11.3. The number of amides is 1. The zero-order valence-corrected chi connectivity index (χ0v) is 12.1. The molecule has 0 aromatic heterocycles. The molecule has 0 aliphatic carbocycles. The summed E-state index contributed by atoms with van der Waals surface area (Å²) in [4.78, 5) is 23.9. The van der Waals surface area contributed by atoms with E-state index in [1.54, 1.807) is 24.3 Å². The van der Waals surface area contributed by atoms with Gasteiger partial charge in [-0.1, -0.05) is 0 Å². The Bertz CT molecular complexity index is 721. The Morgan fingerprint density at radius 1 is 1.14 bits per heavy atom. The summed E-state index contributed by atoms with van der Waals surface area (Å²) < 4.78 is 0. The first-order valence-corrected chi connectivity index (χ1v) is 6.91. The van der Waals surface area contributed by atoms with Gasteiger partial charge < -0.3 is 10.6 Å². The van der Waals surface area contributed by atoms with Crippen LogP contribution < -0.4 is 10.6 Å². The van der Waals surface area contributed by atoms with Crippen molar-refractivity contribution in [2.75, 3.05) is 11.9 Å². The van der Waals surface area contributed by atoms with Crippen molar-refractivity contribution in [1.29, 1.82) is 0 Å². The highest BCUT2D eigenvalue weighted by Gasteiger charge is 2.20. The molecule has 1 aliphatic heterocycles. The standard InChI is InChI=1S/C16H15N3O3/c1-18-14-6-4-12(16(17)20)8-10(14)2-3-11-9-13(19(21)22)5-7-15(11)18/h4-9H,2-3H2,1H3,(H2,17,20). The number of aryl methyl sites for hydroxylation is 2. The number of non-ortho nitro benzene ring substituents is 1. The molecule has 1 heterocycles. The van der Waals surface area contributed by atoms with Crippen molar-refractivity contribution in [3.63, 3.8) is 0 Å². The van der Waals surface area contributed by atoms with Crippen LogP contribution in [0.4, 0.5) is 17.1 Å². The van der Waals surface area contributed by atoms with Crippen LogP contribution in [0.25, 0.3) is 0 Å². The van der Waals surface area contributed by atoms with Gasteiger partial charge in [-0.2, -0.15) is 0 Å². The Labute approximate surface area is 127 Å². The summed E-state index contributed by atoms with van der Waals surface area (Å²) in [6.07, 6.45) is 1.38. The van der Waals surface area contributed by atoms with Crippen molar-refractivity contribution >= 4 is 23.0 Å². The van der Waals surface area contributed by atoms with E-state index >= 15 is 0 Å². The van der Waals surface area contributed by atoms with Crippen molar-refractivity contribution in [3.05, 3.63) is 63.2 Å². The maximum atomic E-state index is 11.3. The van der Waals surface area contributed by atoms with Crippen molar-refractivity contribution in [3.8, 4) is 0 Å². The average molecular weight is 297 g/mol. The van der Waals surface area contributed by atoms with Crippen LogP contribution in [0.1, 0.15) is 21.5 Å². The summed E-state index contributed by atoms with van der Waals surface area (Å²) in [5.74, 6) is -0.456. The second-order valence-corrected chi connectivity index (χ2v) is 5.34. The third-order valence-electron chi connectivity index (χ3n) is 4.02. The minimum absolute atomic E-state index is 0.0935. The Hall–Kier alpha value is -2.89. The summed E-state index contributed by atoms with van der Waals surface area (Å²) >= 11 is 0. The summed E-state index contributed by atoms with van der Waals surface area (Å²) in [6, 6.07) is 10.3. The lowest BCUT2D eigenvalue weighted by Gasteiger charge is -2.22. The summed E-state index contributed by atoms with van der Waals surface area (Å²) in [5.41, 5.74) is 9.76. The first-order chi connectivity index (χ1) is 10.5. The Morgan fingerprint density at radius 3 is 2.32 bits per heavy atom. The number of fused-ring (bicyclic) bond motifs is 2. The number of nitrogens with zero attached hydrogens (tertiary/aromatic N) is 2. The Balaban J connectivity index is 2.08. The van der Waals surface area contributed by atoms with E-state index in [0.29, 0.717) is 18.4 Å². The number of nitro benzene ring substituents is 1. The van der Waals surface area contributed by atoms with E-state index < -0.39 is 5.91 Å². The van der Waals surface area contributed by atoms with Crippen molar-refractivity contribution in [2.24, 2.45) is 5.73 Å². The topological polar surface area (TPSA) is 89.5 Å². The molecule has 22 heavy (non-hydrogen) atoms. The molecule has 0 spiro atoms. The molecule has 0 unspecified atom stereocenters. The molecular weight excluding hydrogens is 282 g/mol. The molecule has 0 saturated carbocycles. The third kappa shape index (κ3) is 2.28. The molecule has 2 aromatic carbocycles. The van der Waals surface area contributed by atoms with Gasteiger partial charge in [-0.05, 0) is 48.2 Å². The number of anilines is 2. The van der Waals surface area contributed by atoms with E-state index in [9.17, 15) is 14.9 Å². The molecule has 6 nitrogen and oxygen atoms in total. The van der Waals surface area contributed by atoms with Gasteiger partial charge in [-0.25, -0.2) is 0 Å². The molecule has 0 radical (unpaired) electrons. The van der Waals surface area contributed by atoms with Crippen LogP contribution in [0, 0.1) is 10.1 Å². The van der Waals surface area contributed by atoms with Gasteiger partial charge in [0.25, 0.3) is 5.69 Å². The molecule has 2 N–H and O–H groups in total. The maximum Gasteiger partial charge on any atom is 0.269 e. The number of nitrogens with two attached hydrogens (primary N) is 1. The average Bonchev–Trinajstić information content (AvgIpc) is 2.64. The van der Waals surface area contributed by atoms with Crippen molar-refractivity contribution in [2.45, 2.75) is 12.8 Å². The molecule has 0 saturated heterocycles. The zero-order chi connectivity index (χ0) is 15.9. The molecule has 0 bridgehead atoms. The first-order valence-electron chi connectivity index (χ1n) is 6.91. The molecular formula is C16H15N3O3. The summed E-state index contributed by atoms with van der Waals surface area (Å²) in [6.45, 7) is 0. The van der Waals surface area contributed by atoms with Gasteiger partial charge in [0.1, 0.15) is 0 Å². The fraction of sp³-hybridized carbons (Fsp3) is 0.188. The minimum atomic E-state index is -0.456. The number of hydrogen-bond acceptors (Lipinski definition) is 4. The van der Waals surface area contributed by atoms with Gasteiger partial charge >= 0.3 is 0 Å². The van der Waals surface area contributed by atoms with Gasteiger partial charge in [0, 0.05) is 36.1 Å². The lowest BCUT2D eigenvalue weighted by atomic mass is 10.0. The van der Waals surface area contributed by atoms with Crippen LogP contribution in [0.5, 0.6) is 0 Å². The van der Waals surface area contributed by atoms with E-state index in [-0.39, 0.29) is 10.6 Å². The highest BCUT2D eigenvalue weighted by Crippen LogP contribution is 2.36. The van der Waals surface area contributed by atoms with Crippen molar-refractivity contribution < 1.29 is 9.72 Å². The first kappa shape index (κ1) is 14.1. The van der Waals surface area contributed by atoms with E-state index in [1.807, 2.05) is 18.0 Å². The molecule has 3 rings (SSSR count). The highest BCUT2D eigenvalue weighted by molar-refractivity contribution is 5.93. The molecule has 6 heteroatoms. The summed E-state index contributed by atoms with van der Waals surface area (Å²) in [5, 5.41) is 10.9. The quantitative estimate of drug-likeness (QED) is 0.681. The predicted molar refractivity (Wildman–Crippen MR) is 83.5 cm³/mol. The van der Waals surface area contributed by atoms with E-state index in [2.05, 4.69) is 0 Å². The monoisotopic (exact) mass is 297 g/mol. The van der Waals surface area contributed by atoms with Gasteiger partial charge in [-0.15, -0.1) is 0 Å². The minimum Gasteiger partial charge on any atom is -0.366 e. The lowest BCUT2D eigenvalue weighted by Crippen LogP contribution is -2.14. The normalized spacial score (nSPS) is 13.0. The number of nitro groups is 1. The van der Waals surface area contributed by atoms with Gasteiger partial charge in [0.05, 0.1) is 4.92 Å². The molecule has 1 aliphatic rings. The molecule has 0 fully saturated rings. The van der Waals surface area contributed by atoms with E-state index in [0.717, 1.165) is 22.5 Å². The smallest absolute Gasteiger partial charge is 0.269 e. The number of rotatable bonds is 2. The molecule has 112 valence electrons. The largest absolute Gasteiger partial charge is 0.366 e. The second kappa shape index (κ2) is 5.14. The van der Waals surface area contributed by atoms with Crippen LogP contribution >= 0.6 is 0 Å². The van der Waals surface area contributed by atoms with E-state index in [1.165, 1.54) is 6.07 Å². The number of carbonyl (C=O) groups excluding carboxylic acids is 1. The predicted octanol–water partition coefficient (Wildman–Crippen LogP) is 2.56. The zero-order valence-electron chi connectivity index (χ0n) is 12.1. The number of benzene rings is 2. The van der Waals surface area contributed by atoms with E-state index in [4.69, 9.17) is 5.73 Å². The lowest BCUT2D eigenvalue weighted by molar-refractivity contribution is -0.384. The fourth-order valence-electron chi connectivity index (χ4n) is 2.88. The molecule has 1 amide bonds. The summed E-state index contributed by atoms with van der Waals surface area (Å²) in [7, 11) is 1.92. The highest BCUT2D eigenvalue weighted by atomic mass is 16.6. The number of primary amides is 1. The molecule has 0 atom stereocenters. The van der Waals surface area contributed by atoms with Crippen LogP contribution in [0.2, 0.25) is 0 Å². The van der Waals surface area contributed by atoms with Crippen LogP contribution in [0.15, 0.2) is 36.4 Å². The third-order valence-corrected chi connectivity index (χ3v) is 4.02. The van der Waals surface area contributed by atoms with Gasteiger partial charge in [0.2, 0.25) is 5.91 Å². The second-order valence-electron chi connectivity index (χ2n) is 5.34.